The van der Waals surface area contributed by atoms with Crippen LogP contribution in [0.25, 0.3) is 11.4 Å². The van der Waals surface area contributed by atoms with E-state index in [9.17, 15) is 9.90 Å². The van der Waals surface area contributed by atoms with Gasteiger partial charge in [0.1, 0.15) is 5.82 Å². The first kappa shape index (κ1) is 16.4. The molecule has 0 saturated carbocycles. The number of fused-ring (bicyclic) bond motifs is 1. The maximum absolute atomic E-state index is 12.4. The van der Waals surface area contributed by atoms with Gasteiger partial charge in [-0.1, -0.05) is 36.4 Å². The minimum atomic E-state index is -0.614. The number of aromatic nitrogens is 2. The Labute approximate surface area is 151 Å². The van der Waals surface area contributed by atoms with Crippen molar-refractivity contribution in [2.75, 3.05) is 5.32 Å². The summed E-state index contributed by atoms with van der Waals surface area (Å²) in [6.45, 7) is 0. The zero-order valence-corrected chi connectivity index (χ0v) is 14.4. The van der Waals surface area contributed by atoms with Crippen molar-refractivity contribution in [2.24, 2.45) is 7.05 Å². The Hall–Kier alpha value is -3.12. The molecule has 2 aromatic carbocycles. The van der Waals surface area contributed by atoms with Crippen molar-refractivity contribution < 1.29 is 9.90 Å². The minimum Gasteiger partial charge on any atom is -0.390 e. The lowest BCUT2D eigenvalue weighted by molar-refractivity contribution is 0.144. The highest BCUT2D eigenvalue weighted by atomic mass is 16.3. The van der Waals surface area contributed by atoms with Crippen LogP contribution in [0.1, 0.15) is 17.2 Å². The molecule has 1 aromatic heterocycles. The standard InChI is InChI=1S/C20H20N4O2/c1-24-10-9-21-19(24)14-6-4-7-15(11-14)22-20(26)23-18-16-8-3-2-5-13(16)12-17(18)25/h2-11,17-18,25H,12H2,1H3,(H2,22,23,26)/t17-,18-/m1/s1. The summed E-state index contributed by atoms with van der Waals surface area (Å²) in [6, 6.07) is 14.6. The van der Waals surface area contributed by atoms with Crippen molar-refractivity contribution in [3.63, 3.8) is 0 Å². The third-order valence-electron chi connectivity index (χ3n) is 4.69. The molecule has 4 rings (SSSR count). The predicted molar refractivity (Wildman–Crippen MR) is 99.7 cm³/mol. The highest BCUT2D eigenvalue weighted by Gasteiger charge is 2.31. The van der Waals surface area contributed by atoms with Crippen LogP contribution in [0.15, 0.2) is 60.9 Å². The number of rotatable bonds is 3. The Morgan fingerprint density at radius 2 is 2.08 bits per heavy atom. The Balaban J connectivity index is 1.48. The van der Waals surface area contributed by atoms with Crippen molar-refractivity contribution in [1.82, 2.24) is 14.9 Å². The van der Waals surface area contributed by atoms with Crippen molar-refractivity contribution >= 4 is 11.7 Å². The molecule has 0 bridgehead atoms. The van der Waals surface area contributed by atoms with Gasteiger partial charge in [-0.3, -0.25) is 0 Å². The smallest absolute Gasteiger partial charge is 0.319 e. The molecule has 1 aliphatic carbocycles. The van der Waals surface area contributed by atoms with Gasteiger partial charge in [-0.25, -0.2) is 9.78 Å². The van der Waals surface area contributed by atoms with Crippen molar-refractivity contribution in [2.45, 2.75) is 18.6 Å². The number of nitrogens with zero attached hydrogens (tertiary/aromatic N) is 2. The molecule has 0 radical (unpaired) electrons. The predicted octanol–water partition coefficient (Wildman–Crippen LogP) is 2.87. The van der Waals surface area contributed by atoms with Crippen molar-refractivity contribution in [3.8, 4) is 11.4 Å². The zero-order chi connectivity index (χ0) is 18.1. The molecule has 3 aromatic rings. The topological polar surface area (TPSA) is 79.2 Å². The van der Waals surface area contributed by atoms with E-state index in [-0.39, 0.29) is 6.03 Å². The number of carbonyl (C=O) groups is 1. The van der Waals surface area contributed by atoms with Crippen LogP contribution in [-0.2, 0) is 13.5 Å². The minimum absolute atomic E-state index is 0.345. The molecule has 26 heavy (non-hydrogen) atoms. The summed E-state index contributed by atoms with van der Waals surface area (Å²) in [5.41, 5.74) is 3.63. The first-order valence-electron chi connectivity index (χ1n) is 8.53. The molecule has 1 heterocycles. The molecule has 0 saturated heterocycles. The number of amides is 2. The van der Waals surface area contributed by atoms with Gasteiger partial charge in [0.15, 0.2) is 0 Å². The Morgan fingerprint density at radius 3 is 2.88 bits per heavy atom. The fourth-order valence-corrected chi connectivity index (χ4v) is 3.44. The number of aliphatic hydroxyl groups is 1. The number of nitrogens with one attached hydrogen (secondary N) is 2. The van der Waals surface area contributed by atoms with Gasteiger partial charge >= 0.3 is 6.03 Å². The molecule has 0 unspecified atom stereocenters. The highest BCUT2D eigenvalue weighted by Crippen LogP contribution is 2.31. The van der Waals surface area contributed by atoms with Gasteiger partial charge < -0.3 is 20.3 Å². The van der Waals surface area contributed by atoms with E-state index in [1.54, 1.807) is 6.20 Å². The number of benzene rings is 2. The summed E-state index contributed by atoms with van der Waals surface area (Å²) >= 11 is 0. The van der Waals surface area contributed by atoms with E-state index in [0.29, 0.717) is 12.1 Å². The number of urea groups is 1. The Morgan fingerprint density at radius 1 is 1.23 bits per heavy atom. The molecule has 6 nitrogen and oxygen atoms in total. The number of aliphatic hydroxyl groups excluding tert-OH is 1. The Kier molecular flexibility index (Phi) is 4.18. The molecule has 6 heteroatoms. The maximum Gasteiger partial charge on any atom is 0.319 e. The van der Waals surface area contributed by atoms with Gasteiger partial charge in [0.2, 0.25) is 0 Å². The van der Waals surface area contributed by atoms with Crippen LogP contribution in [0.3, 0.4) is 0 Å². The molecular formula is C20H20N4O2. The number of hydrogen-bond acceptors (Lipinski definition) is 3. The third-order valence-corrected chi connectivity index (χ3v) is 4.69. The van der Waals surface area contributed by atoms with Crippen LogP contribution in [0.2, 0.25) is 0 Å². The summed E-state index contributed by atoms with van der Waals surface area (Å²) < 4.78 is 1.92. The first-order chi connectivity index (χ1) is 12.6. The van der Waals surface area contributed by atoms with Crippen LogP contribution in [0.5, 0.6) is 0 Å². The summed E-state index contributed by atoms with van der Waals surface area (Å²) in [4.78, 5) is 16.8. The highest BCUT2D eigenvalue weighted by molar-refractivity contribution is 5.90. The van der Waals surface area contributed by atoms with Gasteiger partial charge in [-0.2, -0.15) is 0 Å². The largest absolute Gasteiger partial charge is 0.390 e. The second-order valence-corrected chi connectivity index (χ2v) is 6.49. The monoisotopic (exact) mass is 348 g/mol. The number of hydrogen-bond donors (Lipinski definition) is 3. The maximum atomic E-state index is 12.4. The third kappa shape index (κ3) is 3.07. The normalized spacial score (nSPS) is 18.4. The number of aryl methyl sites for hydroxylation is 1. The zero-order valence-electron chi connectivity index (χ0n) is 14.4. The van der Waals surface area contributed by atoms with Gasteiger partial charge in [0, 0.05) is 37.1 Å². The summed E-state index contributed by atoms with van der Waals surface area (Å²) in [6.07, 6.45) is 3.55. The van der Waals surface area contributed by atoms with Gasteiger partial charge in [-0.05, 0) is 23.3 Å². The van der Waals surface area contributed by atoms with Crippen LogP contribution in [0, 0.1) is 0 Å². The van der Waals surface area contributed by atoms with E-state index in [2.05, 4.69) is 15.6 Å². The lowest BCUT2D eigenvalue weighted by Crippen LogP contribution is -2.36. The van der Waals surface area contributed by atoms with Crippen LogP contribution >= 0.6 is 0 Å². The van der Waals surface area contributed by atoms with Crippen LogP contribution in [0.4, 0.5) is 10.5 Å². The second-order valence-electron chi connectivity index (χ2n) is 6.49. The fraction of sp³-hybridized carbons (Fsp3) is 0.200. The fourth-order valence-electron chi connectivity index (χ4n) is 3.44. The molecule has 0 aliphatic heterocycles. The quantitative estimate of drug-likeness (QED) is 0.681. The molecule has 0 spiro atoms. The molecule has 0 fully saturated rings. The number of imidazole rings is 1. The van der Waals surface area contributed by atoms with E-state index in [4.69, 9.17) is 0 Å². The molecule has 2 amide bonds. The summed E-state index contributed by atoms with van der Waals surface area (Å²) in [5, 5.41) is 16.0. The second kappa shape index (κ2) is 6.65. The van der Waals surface area contributed by atoms with Gasteiger partial charge in [0.05, 0.1) is 12.1 Å². The van der Waals surface area contributed by atoms with E-state index in [1.807, 2.05) is 66.3 Å². The van der Waals surface area contributed by atoms with Gasteiger partial charge in [-0.15, -0.1) is 0 Å². The lowest BCUT2D eigenvalue weighted by atomic mass is 10.1. The Bertz CT molecular complexity index is 950. The van der Waals surface area contributed by atoms with E-state index < -0.39 is 12.1 Å². The lowest BCUT2D eigenvalue weighted by Gasteiger charge is -2.18. The van der Waals surface area contributed by atoms with E-state index in [1.165, 1.54) is 0 Å². The molecular weight excluding hydrogens is 328 g/mol. The average molecular weight is 348 g/mol. The van der Waals surface area contributed by atoms with Gasteiger partial charge in [0.25, 0.3) is 0 Å². The van der Waals surface area contributed by atoms with Crippen molar-refractivity contribution in [3.05, 3.63) is 72.1 Å². The van der Waals surface area contributed by atoms with Crippen LogP contribution in [-0.4, -0.2) is 26.8 Å². The molecule has 1 aliphatic rings. The first-order valence-corrected chi connectivity index (χ1v) is 8.53. The number of carbonyl (C=O) groups excluding carboxylic acids is 1. The summed E-state index contributed by atoms with van der Waals surface area (Å²) in [7, 11) is 1.92. The summed E-state index contributed by atoms with van der Waals surface area (Å²) in [5.74, 6) is 0.828. The molecule has 3 N–H and O–H groups in total. The number of anilines is 1. The van der Waals surface area contributed by atoms with Crippen LogP contribution < -0.4 is 10.6 Å². The van der Waals surface area contributed by atoms with E-state index in [0.717, 1.165) is 22.5 Å². The van der Waals surface area contributed by atoms with Crippen molar-refractivity contribution in [1.29, 1.82) is 0 Å². The van der Waals surface area contributed by atoms with E-state index >= 15 is 0 Å². The molecule has 132 valence electrons. The average Bonchev–Trinajstić information content (AvgIpc) is 3.19. The SMILES string of the molecule is Cn1ccnc1-c1cccc(NC(=O)N[C@@H]2c3ccccc3C[C@H]2O)c1. The molecule has 2 atom stereocenters.